The van der Waals surface area contributed by atoms with Gasteiger partial charge >= 0.3 is 5.97 Å². The predicted octanol–water partition coefficient (Wildman–Crippen LogP) is 3.44. The number of ether oxygens (including phenoxy) is 1. The van der Waals surface area contributed by atoms with Crippen LogP contribution in [-0.4, -0.2) is 42.4 Å². The van der Waals surface area contributed by atoms with Crippen molar-refractivity contribution in [3.63, 3.8) is 0 Å². The molecule has 1 N–H and O–H groups in total. The van der Waals surface area contributed by atoms with E-state index in [1.54, 1.807) is 31.3 Å². The van der Waals surface area contributed by atoms with Crippen molar-refractivity contribution in [1.29, 1.82) is 0 Å². The molecule has 2 rings (SSSR count). The summed E-state index contributed by atoms with van der Waals surface area (Å²) in [6, 6.07) is 13.1. The van der Waals surface area contributed by atoms with Gasteiger partial charge in [-0.05, 0) is 47.7 Å². The molecular weight excluding hydrogens is 399 g/mol. The molecule has 0 aliphatic rings. The summed E-state index contributed by atoms with van der Waals surface area (Å²) in [4.78, 5) is 38.0. The molecule has 0 bridgehead atoms. The number of halogens is 1. The number of hydrogen-bond donors (Lipinski definition) is 1. The average Bonchev–Trinajstić information content (AvgIpc) is 2.70. The highest BCUT2D eigenvalue weighted by Gasteiger charge is 2.22. The molecule has 1 atom stereocenters. The van der Waals surface area contributed by atoms with Gasteiger partial charge in [-0.1, -0.05) is 45.0 Å². The van der Waals surface area contributed by atoms with Crippen molar-refractivity contribution in [2.45, 2.75) is 45.8 Å². The van der Waals surface area contributed by atoms with E-state index in [0.29, 0.717) is 11.1 Å². The van der Waals surface area contributed by atoms with Gasteiger partial charge < -0.3 is 15.0 Å². The second-order valence-corrected chi connectivity index (χ2v) is 8.47. The molecule has 0 saturated heterocycles. The van der Waals surface area contributed by atoms with E-state index in [9.17, 15) is 18.8 Å². The first-order valence-electron chi connectivity index (χ1n) is 10.0. The first-order chi connectivity index (χ1) is 14.5. The number of benzene rings is 2. The smallest absolute Gasteiger partial charge is 0.326 e. The zero-order valence-electron chi connectivity index (χ0n) is 18.6. The third-order valence-corrected chi connectivity index (χ3v) is 4.75. The molecule has 0 aromatic heterocycles. The fraction of sp³-hybridized carbons (Fsp3) is 0.375. The third-order valence-electron chi connectivity index (χ3n) is 4.75. The van der Waals surface area contributed by atoms with Gasteiger partial charge in [0.1, 0.15) is 12.4 Å². The molecule has 2 amide bonds. The molecule has 7 heteroatoms. The first-order valence-corrected chi connectivity index (χ1v) is 10.0. The highest BCUT2D eigenvalue weighted by molar-refractivity contribution is 5.96. The van der Waals surface area contributed by atoms with Crippen LogP contribution in [0.4, 0.5) is 4.39 Å². The number of hydrogen-bond acceptors (Lipinski definition) is 4. The Labute approximate surface area is 182 Å². The van der Waals surface area contributed by atoms with E-state index in [4.69, 9.17) is 4.74 Å². The summed E-state index contributed by atoms with van der Waals surface area (Å²) in [5.41, 5.74) is 2.13. The average molecular weight is 429 g/mol. The Morgan fingerprint density at radius 3 is 2.32 bits per heavy atom. The fourth-order valence-electron chi connectivity index (χ4n) is 2.96. The second-order valence-electron chi connectivity index (χ2n) is 8.47. The van der Waals surface area contributed by atoms with Crippen molar-refractivity contribution < 1.29 is 23.5 Å². The van der Waals surface area contributed by atoms with Gasteiger partial charge in [-0.25, -0.2) is 4.39 Å². The van der Waals surface area contributed by atoms with Gasteiger partial charge in [0, 0.05) is 19.2 Å². The zero-order valence-corrected chi connectivity index (χ0v) is 18.6. The van der Waals surface area contributed by atoms with Crippen LogP contribution in [-0.2, 0) is 26.3 Å². The molecule has 1 unspecified atom stereocenters. The molecule has 2 aromatic carbocycles. The highest BCUT2D eigenvalue weighted by Crippen LogP contribution is 2.22. The molecule has 0 fully saturated rings. The molecule has 6 nitrogen and oxygen atoms in total. The summed E-state index contributed by atoms with van der Waals surface area (Å²) in [7, 11) is 1.54. The van der Waals surface area contributed by atoms with Crippen LogP contribution in [0.2, 0.25) is 0 Å². The maximum atomic E-state index is 13.3. The maximum absolute atomic E-state index is 13.3. The molecule has 2 aromatic rings. The molecule has 0 aliphatic heterocycles. The first kappa shape index (κ1) is 24.1. The van der Waals surface area contributed by atoms with Gasteiger partial charge in [-0.3, -0.25) is 14.4 Å². The Bertz CT molecular complexity index is 935. The van der Waals surface area contributed by atoms with Crippen LogP contribution < -0.4 is 5.32 Å². The molecule has 0 spiro atoms. The molecule has 0 saturated carbocycles. The molecule has 0 aliphatic carbocycles. The number of carbonyl (C=O) groups is 3. The summed E-state index contributed by atoms with van der Waals surface area (Å²) in [6.07, 6.45) is -1.03. The number of nitrogens with one attached hydrogen (secondary N) is 1. The van der Waals surface area contributed by atoms with Gasteiger partial charge in [0.2, 0.25) is 0 Å². The standard InChI is InChI=1S/C24H29FN2O4/c1-16(23(30)27(5)15-17-7-6-8-20(25)13-17)31-21(28)14-26-22(29)18-9-11-19(12-10-18)24(2,3)4/h6-13,16H,14-15H2,1-5H3,(H,26,29). The summed E-state index contributed by atoms with van der Waals surface area (Å²) < 4.78 is 18.4. The zero-order chi connectivity index (χ0) is 23.2. The highest BCUT2D eigenvalue weighted by atomic mass is 19.1. The Hall–Kier alpha value is -3.22. The Kier molecular flexibility index (Phi) is 7.91. The number of rotatable bonds is 7. The lowest BCUT2D eigenvalue weighted by Crippen LogP contribution is -2.39. The van der Waals surface area contributed by atoms with Crippen LogP contribution in [0.3, 0.4) is 0 Å². The quantitative estimate of drug-likeness (QED) is 0.686. The second kappa shape index (κ2) is 10.2. The van der Waals surface area contributed by atoms with Crippen LogP contribution in [0.1, 0.15) is 49.2 Å². The van der Waals surface area contributed by atoms with Crippen LogP contribution >= 0.6 is 0 Å². The van der Waals surface area contributed by atoms with Gasteiger partial charge in [0.05, 0.1) is 0 Å². The number of amides is 2. The molecule has 31 heavy (non-hydrogen) atoms. The van der Waals surface area contributed by atoms with Crippen LogP contribution in [0.25, 0.3) is 0 Å². The van der Waals surface area contributed by atoms with E-state index in [-0.39, 0.29) is 24.3 Å². The van der Waals surface area contributed by atoms with E-state index in [1.165, 1.54) is 24.0 Å². The largest absolute Gasteiger partial charge is 0.451 e. The van der Waals surface area contributed by atoms with Crippen LogP contribution in [0, 0.1) is 5.82 Å². The van der Waals surface area contributed by atoms with Crippen molar-refractivity contribution in [2.24, 2.45) is 0 Å². The maximum Gasteiger partial charge on any atom is 0.326 e. The van der Waals surface area contributed by atoms with E-state index in [0.717, 1.165) is 5.56 Å². The van der Waals surface area contributed by atoms with Crippen molar-refractivity contribution in [1.82, 2.24) is 10.2 Å². The van der Waals surface area contributed by atoms with Crippen molar-refractivity contribution >= 4 is 17.8 Å². The number of carbonyl (C=O) groups excluding carboxylic acids is 3. The van der Waals surface area contributed by atoms with Crippen molar-refractivity contribution in [3.8, 4) is 0 Å². The van der Waals surface area contributed by atoms with Crippen LogP contribution in [0.5, 0.6) is 0 Å². The minimum atomic E-state index is -1.03. The normalized spacial score (nSPS) is 12.1. The third kappa shape index (κ3) is 7.20. The van der Waals surface area contributed by atoms with E-state index in [2.05, 4.69) is 26.1 Å². The minimum absolute atomic E-state index is 0.0245. The molecule has 0 heterocycles. The SMILES string of the molecule is CC(OC(=O)CNC(=O)c1ccc(C(C)(C)C)cc1)C(=O)N(C)Cc1cccc(F)c1. The monoisotopic (exact) mass is 428 g/mol. The van der Waals surface area contributed by atoms with E-state index in [1.807, 2.05) is 12.1 Å². The fourth-order valence-corrected chi connectivity index (χ4v) is 2.96. The van der Waals surface area contributed by atoms with Crippen molar-refractivity contribution in [3.05, 3.63) is 71.0 Å². The lowest BCUT2D eigenvalue weighted by molar-refractivity contribution is -0.157. The lowest BCUT2D eigenvalue weighted by atomic mass is 9.87. The van der Waals surface area contributed by atoms with Gasteiger partial charge in [-0.2, -0.15) is 0 Å². The molecule has 166 valence electrons. The number of likely N-dealkylation sites (N-methyl/N-ethyl adjacent to an activating group) is 1. The number of nitrogens with zero attached hydrogens (tertiary/aromatic N) is 1. The Morgan fingerprint density at radius 1 is 1.10 bits per heavy atom. The van der Waals surface area contributed by atoms with Gasteiger partial charge in [-0.15, -0.1) is 0 Å². The Morgan fingerprint density at radius 2 is 1.74 bits per heavy atom. The lowest BCUT2D eigenvalue weighted by Gasteiger charge is -2.21. The molecular formula is C24H29FN2O4. The minimum Gasteiger partial charge on any atom is -0.451 e. The number of esters is 1. The van der Waals surface area contributed by atoms with E-state index >= 15 is 0 Å². The molecule has 0 radical (unpaired) electrons. The van der Waals surface area contributed by atoms with Crippen LogP contribution in [0.15, 0.2) is 48.5 Å². The Balaban J connectivity index is 1.83. The van der Waals surface area contributed by atoms with Crippen molar-refractivity contribution in [2.75, 3.05) is 13.6 Å². The summed E-state index contributed by atoms with van der Waals surface area (Å²) in [5.74, 6) is -1.94. The van der Waals surface area contributed by atoms with Gasteiger partial charge in [0.25, 0.3) is 11.8 Å². The summed E-state index contributed by atoms with van der Waals surface area (Å²) in [5, 5.41) is 2.50. The van der Waals surface area contributed by atoms with E-state index < -0.39 is 23.9 Å². The summed E-state index contributed by atoms with van der Waals surface area (Å²) in [6.45, 7) is 7.52. The van der Waals surface area contributed by atoms with Gasteiger partial charge in [0.15, 0.2) is 6.10 Å². The summed E-state index contributed by atoms with van der Waals surface area (Å²) >= 11 is 0. The predicted molar refractivity (Wildman–Crippen MR) is 116 cm³/mol. The topological polar surface area (TPSA) is 75.7 Å².